The number of hydrogen-bond acceptors (Lipinski definition) is 5. The second-order valence-corrected chi connectivity index (χ2v) is 5.14. The maximum atomic E-state index is 12.5. The number of hydrogen-bond donors (Lipinski definition) is 0. The van der Waals surface area contributed by atoms with Crippen LogP contribution in [0.4, 0.5) is 0 Å². The number of oxazole rings is 1. The molecule has 0 aliphatic rings. The van der Waals surface area contributed by atoms with Crippen LogP contribution in [0.1, 0.15) is 6.42 Å². The van der Waals surface area contributed by atoms with E-state index in [1.807, 2.05) is 0 Å². The fraction of sp³-hybridized carbons (Fsp3) is 0.500. The van der Waals surface area contributed by atoms with Crippen molar-refractivity contribution in [2.45, 2.75) is 13.0 Å². The maximum absolute atomic E-state index is 12.5. The molecule has 0 radical (unpaired) electrons. The number of fused-ring (bicyclic) bond motifs is 1. The first-order valence-electron chi connectivity index (χ1n) is 7.51. The number of amides is 1. The Labute approximate surface area is 134 Å². The molecule has 23 heavy (non-hydrogen) atoms. The van der Waals surface area contributed by atoms with Crippen LogP contribution in [-0.2, 0) is 20.8 Å². The second kappa shape index (κ2) is 8.50. The molecule has 2 rings (SSSR count). The molecule has 0 unspecified atom stereocenters. The number of carbonyl (C=O) groups excluding carboxylic acids is 1. The lowest BCUT2D eigenvalue weighted by Gasteiger charge is -2.22. The number of para-hydroxylation sites is 2. The molecule has 1 amide bonds. The molecule has 1 heterocycles. The molecule has 1 aromatic heterocycles. The van der Waals surface area contributed by atoms with Gasteiger partial charge in [-0.1, -0.05) is 12.1 Å². The van der Waals surface area contributed by atoms with Crippen molar-refractivity contribution in [1.82, 2.24) is 9.47 Å². The van der Waals surface area contributed by atoms with Gasteiger partial charge in [-0.05, 0) is 18.6 Å². The molecular weight excluding hydrogens is 300 g/mol. The minimum atomic E-state index is -0.525. The summed E-state index contributed by atoms with van der Waals surface area (Å²) in [6.07, 6.45) is 0.729. The largest absolute Gasteiger partial charge is 0.420 e. The Balaban J connectivity index is 2.12. The highest BCUT2D eigenvalue weighted by atomic mass is 16.5. The average molecular weight is 322 g/mol. The van der Waals surface area contributed by atoms with E-state index >= 15 is 0 Å². The van der Waals surface area contributed by atoms with Gasteiger partial charge in [-0.25, -0.2) is 4.79 Å². The molecule has 0 N–H and O–H groups in total. The summed E-state index contributed by atoms with van der Waals surface area (Å²) in [4.78, 5) is 26.2. The first-order chi connectivity index (χ1) is 11.2. The summed E-state index contributed by atoms with van der Waals surface area (Å²) in [6, 6.07) is 7.06. The number of rotatable bonds is 9. The van der Waals surface area contributed by atoms with Crippen LogP contribution in [0.2, 0.25) is 0 Å². The summed E-state index contributed by atoms with van der Waals surface area (Å²) in [5, 5.41) is 0. The van der Waals surface area contributed by atoms with Gasteiger partial charge in [0.2, 0.25) is 5.91 Å². The van der Waals surface area contributed by atoms with Gasteiger partial charge in [0.1, 0.15) is 6.54 Å². The number of aromatic nitrogens is 1. The van der Waals surface area contributed by atoms with E-state index < -0.39 is 5.76 Å². The van der Waals surface area contributed by atoms with Crippen LogP contribution >= 0.6 is 0 Å². The summed E-state index contributed by atoms with van der Waals surface area (Å²) in [5.74, 6) is -0.671. The van der Waals surface area contributed by atoms with Crippen molar-refractivity contribution >= 4 is 17.0 Å². The van der Waals surface area contributed by atoms with E-state index in [1.54, 1.807) is 43.4 Å². The van der Waals surface area contributed by atoms with E-state index in [4.69, 9.17) is 13.9 Å². The van der Waals surface area contributed by atoms with Gasteiger partial charge >= 0.3 is 5.76 Å². The molecule has 0 fully saturated rings. The third kappa shape index (κ3) is 4.43. The van der Waals surface area contributed by atoms with Crippen LogP contribution < -0.4 is 5.76 Å². The predicted molar refractivity (Wildman–Crippen MR) is 85.4 cm³/mol. The fourth-order valence-electron chi connectivity index (χ4n) is 2.36. The molecule has 0 saturated carbocycles. The van der Waals surface area contributed by atoms with Crippen molar-refractivity contribution in [3.63, 3.8) is 0 Å². The van der Waals surface area contributed by atoms with E-state index in [-0.39, 0.29) is 12.5 Å². The molecule has 0 spiro atoms. The summed E-state index contributed by atoms with van der Waals surface area (Å²) in [6.45, 7) is 2.00. The second-order valence-electron chi connectivity index (χ2n) is 5.14. The number of carbonyl (C=O) groups is 1. The summed E-state index contributed by atoms with van der Waals surface area (Å²) in [7, 11) is 3.21. The molecule has 0 saturated heterocycles. The highest BCUT2D eigenvalue weighted by molar-refractivity contribution is 5.79. The Morgan fingerprint density at radius 2 is 1.91 bits per heavy atom. The van der Waals surface area contributed by atoms with Crippen molar-refractivity contribution in [2.24, 2.45) is 0 Å². The van der Waals surface area contributed by atoms with Gasteiger partial charge in [0.25, 0.3) is 0 Å². The molecular formula is C16H22N2O5. The molecule has 0 aliphatic carbocycles. The molecule has 2 aromatic rings. The monoisotopic (exact) mass is 322 g/mol. The highest BCUT2D eigenvalue weighted by Gasteiger charge is 2.17. The lowest BCUT2D eigenvalue weighted by Crippen LogP contribution is -2.38. The third-order valence-corrected chi connectivity index (χ3v) is 3.56. The van der Waals surface area contributed by atoms with Crippen LogP contribution in [0.3, 0.4) is 0 Å². The summed E-state index contributed by atoms with van der Waals surface area (Å²) < 4.78 is 16.6. The van der Waals surface area contributed by atoms with Crippen LogP contribution in [0.15, 0.2) is 33.5 Å². The maximum Gasteiger partial charge on any atom is 0.420 e. The van der Waals surface area contributed by atoms with Crippen molar-refractivity contribution in [1.29, 1.82) is 0 Å². The quantitative estimate of drug-likeness (QED) is 0.647. The SMILES string of the molecule is COCCCN(CCOC)C(=O)Cn1c(=O)oc2ccccc21. The number of benzene rings is 1. The Bertz CT molecular complexity index is 691. The van der Waals surface area contributed by atoms with Gasteiger partial charge in [-0.3, -0.25) is 9.36 Å². The van der Waals surface area contributed by atoms with E-state index in [0.29, 0.717) is 37.4 Å². The van der Waals surface area contributed by atoms with E-state index in [2.05, 4.69) is 0 Å². The van der Waals surface area contributed by atoms with Crippen molar-refractivity contribution < 1.29 is 18.7 Å². The molecule has 7 nitrogen and oxygen atoms in total. The molecule has 0 aliphatic heterocycles. The van der Waals surface area contributed by atoms with E-state index in [0.717, 1.165) is 6.42 Å². The van der Waals surface area contributed by atoms with Crippen molar-refractivity contribution in [2.75, 3.05) is 40.5 Å². The lowest BCUT2D eigenvalue weighted by molar-refractivity contribution is -0.132. The Hall–Kier alpha value is -2.12. The highest BCUT2D eigenvalue weighted by Crippen LogP contribution is 2.12. The zero-order valence-corrected chi connectivity index (χ0v) is 13.5. The molecule has 1 aromatic carbocycles. The van der Waals surface area contributed by atoms with Gasteiger partial charge in [-0.2, -0.15) is 0 Å². The first-order valence-corrected chi connectivity index (χ1v) is 7.51. The van der Waals surface area contributed by atoms with E-state index in [1.165, 1.54) is 4.57 Å². The molecule has 7 heteroatoms. The van der Waals surface area contributed by atoms with Gasteiger partial charge in [0.15, 0.2) is 5.58 Å². The van der Waals surface area contributed by atoms with Gasteiger partial charge < -0.3 is 18.8 Å². The molecule has 0 bridgehead atoms. The van der Waals surface area contributed by atoms with Crippen molar-refractivity contribution in [3.8, 4) is 0 Å². The minimum Gasteiger partial charge on any atom is -0.408 e. The van der Waals surface area contributed by atoms with Crippen LogP contribution in [-0.4, -0.2) is 55.9 Å². The topological polar surface area (TPSA) is 73.9 Å². The summed E-state index contributed by atoms with van der Waals surface area (Å²) in [5.41, 5.74) is 1.10. The first kappa shape index (κ1) is 17.2. The van der Waals surface area contributed by atoms with E-state index in [9.17, 15) is 9.59 Å². The smallest absolute Gasteiger partial charge is 0.408 e. The Kier molecular flexibility index (Phi) is 6.37. The predicted octanol–water partition coefficient (Wildman–Crippen LogP) is 1.11. The Morgan fingerprint density at radius 1 is 1.17 bits per heavy atom. The molecule has 126 valence electrons. The van der Waals surface area contributed by atoms with Crippen molar-refractivity contribution in [3.05, 3.63) is 34.8 Å². The third-order valence-electron chi connectivity index (χ3n) is 3.56. The number of methoxy groups -OCH3 is 2. The zero-order valence-electron chi connectivity index (χ0n) is 13.5. The zero-order chi connectivity index (χ0) is 16.7. The van der Waals surface area contributed by atoms with Crippen LogP contribution in [0.25, 0.3) is 11.1 Å². The van der Waals surface area contributed by atoms with Gasteiger partial charge in [0, 0.05) is 33.9 Å². The van der Waals surface area contributed by atoms with Gasteiger partial charge in [0.05, 0.1) is 12.1 Å². The standard InChI is InChI=1S/C16H22N2O5/c1-21-10-5-8-17(9-11-22-2)15(19)12-18-13-6-3-4-7-14(13)23-16(18)20/h3-4,6-7H,5,8-12H2,1-2H3. The van der Waals surface area contributed by atoms with Crippen LogP contribution in [0, 0.1) is 0 Å². The normalized spacial score (nSPS) is 11.0. The fourth-order valence-corrected chi connectivity index (χ4v) is 2.36. The number of nitrogens with zero attached hydrogens (tertiary/aromatic N) is 2. The lowest BCUT2D eigenvalue weighted by atomic mass is 10.3. The summed E-state index contributed by atoms with van der Waals surface area (Å²) >= 11 is 0. The minimum absolute atomic E-state index is 0.0491. The average Bonchev–Trinajstić information content (AvgIpc) is 2.86. The Morgan fingerprint density at radius 3 is 2.65 bits per heavy atom. The van der Waals surface area contributed by atoms with Crippen LogP contribution in [0.5, 0.6) is 0 Å². The van der Waals surface area contributed by atoms with Gasteiger partial charge in [-0.15, -0.1) is 0 Å². The molecule has 0 atom stereocenters. The number of ether oxygens (including phenoxy) is 2.